The number of rotatable bonds is 5. The van der Waals surface area contributed by atoms with Gasteiger partial charge in [-0.3, -0.25) is 4.79 Å². The van der Waals surface area contributed by atoms with E-state index in [2.05, 4.69) is 4.98 Å². The topological polar surface area (TPSA) is 48.4 Å². The molecule has 4 nitrogen and oxygen atoms in total. The summed E-state index contributed by atoms with van der Waals surface area (Å²) in [4.78, 5) is 16.7. The van der Waals surface area contributed by atoms with Gasteiger partial charge in [0, 0.05) is 12.3 Å². The third kappa shape index (κ3) is 4.04. The average Bonchev–Trinajstić information content (AvgIpc) is 2.65. The first kappa shape index (κ1) is 16.7. The van der Waals surface area contributed by atoms with Gasteiger partial charge in [0.25, 0.3) is 0 Å². The summed E-state index contributed by atoms with van der Waals surface area (Å²) < 4.78 is 11.2. The van der Waals surface area contributed by atoms with Gasteiger partial charge in [0.1, 0.15) is 11.5 Å². The maximum atomic E-state index is 12.5. The number of ether oxygens (including phenoxy) is 2. The van der Waals surface area contributed by atoms with Crippen LogP contribution in [0.1, 0.15) is 19.4 Å². The highest BCUT2D eigenvalue weighted by atomic mass is 16.5. The third-order valence-electron chi connectivity index (χ3n) is 3.90. The van der Waals surface area contributed by atoms with Gasteiger partial charge in [0.15, 0.2) is 0 Å². The van der Waals surface area contributed by atoms with Gasteiger partial charge >= 0.3 is 5.97 Å². The number of nitrogens with zero attached hydrogens (tertiary/aromatic N) is 1. The van der Waals surface area contributed by atoms with Crippen LogP contribution in [-0.4, -0.2) is 11.0 Å². The van der Waals surface area contributed by atoms with Crippen molar-refractivity contribution in [2.45, 2.75) is 19.3 Å². The van der Waals surface area contributed by atoms with E-state index in [1.54, 1.807) is 36.5 Å². The standard InChI is InChI=1S/C21H19NO3/c1-21(2,16-8-4-3-5-9-16)20(23)25-18-13-11-17(12-14-18)24-19-10-6-7-15-22-19/h3-15H,1-2H3. The van der Waals surface area contributed by atoms with Crippen LogP contribution in [0.15, 0.2) is 79.0 Å². The predicted octanol–water partition coefficient (Wildman–Crippen LogP) is 4.76. The highest BCUT2D eigenvalue weighted by molar-refractivity contribution is 5.84. The maximum absolute atomic E-state index is 12.5. The lowest BCUT2D eigenvalue weighted by molar-refractivity contribution is -0.139. The molecule has 0 unspecified atom stereocenters. The SMILES string of the molecule is CC(C)(C(=O)Oc1ccc(Oc2ccccn2)cc1)c1ccccc1. The van der Waals surface area contributed by atoms with Crippen LogP contribution in [0.3, 0.4) is 0 Å². The summed E-state index contributed by atoms with van der Waals surface area (Å²) in [6, 6.07) is 21.9. The zero-order valence-corrected chi connectivity index (χ0v) is 14.2. The van der Waals surface area contributed by atoms with Crippen molar-refractivity contribution >= 4 is 5.97 Å². The number of pyridine rings is 1. The lowest BCUT2D eigenvalue weighted by Gasteiger charge is -2.22. The molecular formula is C21H19NO3. The van der Waals surface area contributed by atoms with Crippen LogP contribution in [0.2, 0.25) is 0 Å². The molecule has 2 aromatic carbocycles. The lowest BCUT2D eigenvalue weighted by atomic mass is 9.85. The van der Waals surface area contributed by atoms with Gasteiger partial charge in [-0.2, -0.15) is 0 Å². The van der Waals surface area contributed by atoms with Gasteiger partial charge in [-0.25, -0.2) is 4.98 Å². The fourth-order valence-corrected chi connectivity index (χ4v) is 2.31. The minimum Gasteiger partial charge on any atom is -0.439 e. The minimum absolute atomic E-state index is 0.308. The minimum atomic E-state index is -0.732. The van der Waals surface area contributed by atoms with Crippen LogP contribution in [0, 0.1) is 0 Å². The van der Waals surface area contributed by atoms with Gasteiger partial charge in [0.05, 0.1) is 5.41 Å². The van der Waals surface area contributed by atoms with Crippen molar-refractivity contribution < 1.29 is 14.3 Å². The molecular weight excluding hydrogens is 314 g/mol. The van der Waals surface area contributed by atoms with Gasteiger partial charge in [-0.1, -0.05) is 36.4 Å². The molecule has 0 radical (unpaired) electrons. The molecule has 0 saturated carbocycles. The first-order valence-electron chi connectivity index (χ1n) is 8.02. The van der Waals surface area contributed by atoms with Crippen molar-refractivity contribution in [3.63, 3.8) is 0 Å². The van der Waals surface area contributed by atoms with Crippen LogP contribution in [-0.2, 0) is 10.2 Å². The van der Waals surface area contributed by atoms with Gasteiger partial charge in [-0.15, -0.1) is 0 Å². The molecule has 4 heteroatoms. The second-order valence-electron chi connectivity index (χ2n) is 6.12. The average molecular weight is 333 g/mol. The highest BCUT2D eigenvalue weighted by Gasteiger charge is 2.31. The van der Waals surface area contributed by atoms with E-state index in [1.165, 1.54) is 0 Å². The molecule has 3 rings (SSSR count). The molecule has 0 atom stereocenters. The fraction of sp³-hybridized carbons (Fsp3) is 0.143. The Hall–Kier alpha value is -3.14. The number of aromatic nitrogens is 1. The van der Waals surface area contributed by atoms with E-state index >= 15 is 0 Å². The zero-order valence-electron chi connectivity index (χ0n) is 14.2. The molecule has 1 aromatic heterocycles. The fourth-order valence-electron chi connectivity index (χ4n) is 2.31. The van der Waals surface area contributed by atoms with Crippen LogP contribution < -0.4 is 9.47 Å². The maximum Gasteiger partial charge on any atom is 0.321 e. The van der Waals surface area contributed by atoms with Crippen LogP contribution >= 0.6 is 0 Å². The van der Waals surface area contributed by atoms with E-state index in [9.17, 15) is 4.79 Å². The predicted molar refractivity (Wildman–Crippen MR) is 95.9 cm³/mol. The summed E-state index contributed by atoms with van der Waals surface area (Å²) in [7, 11) is 0. The molecule has 1 heterocycles. The summed E-state index contributed by atoms with van der Waals surface area (Å²) >= 11 is 0. The molecule has 0 aliphatic rings. The third-order valence-corrected chi connectivity index (χ3v) is 3.90. The van der Waals surface area contributed by atoms with Gasteiger partial charge < -0.3 is 9.47 Å². The van der Waals surface area contributed by atoms with Crippen molar-refractivity contribution in [2.24, 2.45) is 0 Å². The summed E-state index contributed by atoms with van der Waals surface area (Å²) in [5.41, 5.74) is 0.180. The van der Waals surface area contributed by atoms with Crippen molar-refractivity contribution in [3.8, 4) is 17.4 Å². The Morgan fingerprint density at radius 2 is 1.48 bits per heavy atom. The monoisotopic (exact) mass is 333 g/mol. The Morgan fingerprint density at radius 3 is 2.12 bits per heavy atom. The molecule has 0 aliphatic carbocycles. The molecule has 0 spiro atoms. The van der Waals surface area contributed by atoms with E-state index in [-0.39, 0.29) is 5.97 Å². The summed E-state index contributed by atoms with van der Waals surface area (Å²) in [5.74, 6) is 1.30. The molecule has 0 aliphatic heterocycles. The molecule has 0 fully saturated rings. The van der Waals surface area contributed by atoms with E-state index in [0.29, 0.717) is 17.4 Å². The highest BCUT2D eigenvalue weighted by Crippen LogP contribution is 2.27. The number of benzene rings is 2. The normalized spacial score (nSPS) is 11.0. The van der Waals surface area contributed by atoms with Gasteiger partial charge in [-0.05, 0) is 49.7 Å². The first-order chi connectivity index (χ1) is 12.1. The van der Waals surface area contributed by atoms with Crippen LogP contribution in [0.4, 0.5) is 0 Å². The zero-order chi connectivity index (χ0) is 17.7. The molecule has 0 amide bonds. The Morgan fingerprint density at radius 1 is 0.840 bits per heavy atom. The van der Waals surface area contributed by atoms with Crippen molar-refractivity contribution in [3.05, 3.63) is 84.6 Å². The summed E-state index contributed by atoms with van der Waals surface area (Å²) in [6.07, 6.45) is 1.66. The van der Waals surface area contributed by atoms with E-state index in [0.717, 1.165) is 5.56 Å². The number of carbonyl (C=O) groups is 1. The largest absolute Gasteiger partial charge is 0.439 e. The summed E-state index contributed by atoms with van der Waals surface area (Å²) in [6.45, 7) is 3.70. The number of hydrogen-bond donors (Lipinski definition) is 0. The lowest BCUT2D eigenvalue weighted by Crippen LogP contribution is -2.33. The van der Waals surface area contributed by atoms with Crippen LogP contribution in [0.25, 0.3) is 0 Å². The Bertz CT molecular complexity index is 828. The quantitative estimate of drug-likeness (QED) is 0.499. The molecule has 25 heavy (non-hydrogen) atoms. The smallest absolute Gasteiger partial charge is 0.321 e. The van der Waals surface area contributed by atoms with Crippen molar-refractivity contribution in [1.82, 2.24) is 4.98 Å². The molecule has 3 aromatic rings. The first-order valence-corrected chi connectivity index (χ1v) is 8.02. The number of carbonyl (C=O) groups excluding carboxylic acids is 1. The van der Waals surface area contributed by atoms with E-state index in [1.807, 2.05) is 56.3 Å². The Balaban J connectivity index is 1.68. The number of hydrogen-bond acceptors (Lipinski definition) is 4. The van der Waals surface area contributed by atoms with Crippen molar-refractivity contribution in [2.75, 3.05) is 0 Å². The van der Waals surface area contributed by atoms with Crippen molar-refractivity contribution in [1.29, 1.82) is 0 Å². The Labute approximate surface area is 147 Å². The number of esters is 1. The molecule has 0 bridgehead atoms. The van der Waals surface area contributed by atoms with E-state index < -0.39 is 5.41 Å². The molecule has 126 valence electrons. The molecule has 0 N–H and O–H groups in total. The summed E-state index contributed by atoms with van der Waals surface area (Å²) in [5, 5.41) is 0. The second kappa shape index (κ2) is 7.18. The second-order valence-corrected chi connectivity index (χ2v) is 6.12. The molecule has 0 saturated heterocycles. The van der Waals surface area contributed by atoms with E-state index in [4.69, 9.17) is 9.47 Å². The van der Waals surface area contributed by atoms with Crippen LogP contribution in [0.5, 0.6) is 17.4 Å². The Kier molecular flexibility index (Phi) is 4.80. The van der Waals surface area contributed by atoms with Gasteiger partial charge in [0.2, 0.25) is 5.88 Å².